The molecule has 0 fully saturated rings. The first kappa shape index (κ1) is 42.0. The fraction of sp³-hybridized carbons (Fsp3) is 0.805. The van der Waals surface area contributed by atoms with Crippen molar-refractivity contribution in [3.05, 3.63) is 22.3 Å². The number of esters is 2. The fourth-order valence-corrected chi connectivity index (χ4v) is 7.17. The van der Waals surface area contributed by atoms with E-state index in [0.717, 1.165) is 65.0 Å². The van der Waals surface area contributed by atoms with E-state index in [0.29, 0.717) is 12.2 Å². The molecule has 2 rings (SSSR count). The summed E-state index contributed by atoms with van der Waals surface area (Å²) in [5.41, 5.74) is 2.27. The van der Waals surface area contributed by atoms with E-state index in [1.54, 1.807) is 13.8 Å². The standard InChI is InChI=1S/C39H66O5.C2H6/c1-26(2)17-14-18-27(3)19-15-20-28(4)21-16-23-39(12)24-22-32-31(7)33(29(5)30(6)34(32)44-39)43-36(41)38(10,11)25-37(8,9)35(40)42-13;1-2/h26-28H,14-25H2,1-13H3;1-2H3. The Kier molecular flexibility index (Phi) is 16.9. The Morgan fingerprint density at radius 1 is 0.783 bits per heavy atom. The lowest BCUT2D eigenvalue weighted by molar-refractivity contribution is -0.155. The molecule has 1 aliphatic heterocycles. The molecule has 0 saturated carbocycles. The lowest BCUT2D eigenvalue weighted by Gasteiger charge is -2.38. The molecule has 0 amide bonds. The second kappa shape index (κ2) is 18.5. The summed E-state index contributed by atoms with van der Waals surface area (Å²) < 4.78 is 17.9. The van der Waals surface area contributed by atoms with E-state index in [-0.39, 0.29) is 17.5 Å². The van der Waals surface area contributed by atoms with Crippen molar-refractivity contribution in [3.63, 3.8) is 0 Å². The smallest absolute Gasteiger partial charge is 0.316 e. The zero-order valence-electron chi connectivity index (χ0n) is 32.8. The summed E-state index contributed by atoms with van der Waals surface area (Å²) in [6, 6.07) is 0. The van der Waals surface area contributed by atoms with Crippen LogP contribution in [0.2, 0.25) is 0 Å². The highest BCUT2D eigenvalue weighted by molar-refractivity contribution is 5.82. The molecule has 5 heteroatoms. The van der Waals surface area contributed by atoms with Gasteiger partial charge in [-0.05, 0) is 122 Å². The zero-order valence-corrected chi connectivity index (χ0v) is 32.8. The van der Waals surface area contributed by atoms with Crippen LogP contribution in [-0.4, -0.2) is 24.6 Å². The third kappa shape index (κ3) is 12.2. The third-order valence-electron chi connectivity index (χ3n) is 10.2. The van der Waals surface area contributed by atoms with Crippen molar-refractivity contribution in [2.75, 3.05) is 7.11 Å². The summed E-state index contributed by atoms with van der Waals surface area (Å²) >= 11 is 0. The van der Waals surface area contributed by atoms with Gasteiger partial charge in [-0.25, -0.2) is 0 Å². The molecule has 3 atom stereocenters. The predicted octanol–water partition coefficient (Wildman–Crippen LogP) is 11.7. The molecular formula is C41H72O5. The van der Waals surface area contributed by atoms with Crippen LogP contribution in [0.15, 0.2) is 0 Å². The molecule has 1 aromatic rings. The highest BCUT2D eigenvalue weighted by Gasteiger charge is 2.42. The van der Waals surface area contributed by atoms with E-state index in [1.165, 1.54) is 58.5 Å². The number of benzene rings is 1. The number of hydrogen-bond acceptors (Lipinski definition) is 5. The van der Waals surface area contributed by atoms with E-state index in [4.69, 9.17) is 14.2 Å². The van der Waals surface area contributed by atoms with Crippen LogP contribution in [0.1, 0.15) is 169 Å². The summed E-state index contributed by atoms with van der Waals surface area (Å²) in [7, 11) is 1.38. The number of hydrogen-bond donors (Lipinski definition) is 0. The van der Waals surface area contributed by atoms with Gasteiger partial charge in [0.2, 0.25) is 0 Å². The average molecular weight is 645 g/mol. The van der Waals surface area contributed by atoms with Crippen molar-refractivity contribution in [2.45, 2.75) is 180 Å². The van der Waals surface area contributed by atoms with E-state index >= 15 is 0 Å². The van der Waals surface area contributed by atoms with Gasteiger partial charge in [0.1, 0.15) is 17.1 Å². The normalized spacial score (nSPS) is 17.7. The van der Waals surface area contributed by atoms with Crippen molar-refractivity contribution >= 4 is 11.9 Å². The van der Waals surface area contributed by atoms with E-state index in [2.05, 4.69) is 41.5 Å². The molecule has 1 aliphatic rings. The lowest BCUT2D eigenvalue weighted by atomic mass is 9.75. The Bertz CT molecular complexity index is 1110. The second-order valence-electron chi connectivity index (χ2n) is 16.2. The molecule has 0 bridgehead atoms. The average Bonchev–Trinajstić information content (AvgIpc) is 2.97. The molecule has 0 aromatic heterocycles. The molecule has 0 N–H and O–H groups in total. The molecule has 0 aliphatic carbocycles. The van der Waals surface area contributed by atoms with Crippen molar-refractivity contribution in [1.29, 1.82) is 0 Å². The van der Waals surface area contributed by atoms with Gasteiger partial charge in [0.25, 0.3) is 0 Å². The van der Waals surface area contributed by atoms with Gasteiger partial charge in [-0.1, -0.05) is 86.5 Å². The first-order valence-electron chi connectivity index (χ1n) is 18.5. The second-order valence-corrected chi connectivity index (χ2v) is 16.2. The van der Waals surface area contributed by atoms with Gasteiger partial charge in [0.05, 0.1) is 17.9 Å². The quantitative estimate of drug-likeness (QED) is 0.125. The summed E-state index contributed by atoms with van der Waals surface area (Å²) in [6.07, 6.45) is 13.8. The number of carbonyl (C=O) groups is 2. The molecule has 46 heavy (non-hydrogen) atoms. The van der Waals surface area contributed by atoms with Crippen molar-refractivity contribution in [2.24, 2.45) is 28.6 Å². The molecule has 0 spiro atoms. The summed E-state index contributed by atoms with van der Waals surface area (Å²) in [4.78, 5) is 25.7. The van der Waals surface area contributed by atoms with Crippen LogP contribution in [0.3, 0.4) is 0 Å². The van der Waals surface area contributed by atoms with Crippen LogP contribution in [0.25, 0.3) is 0 Å². The highest BCUT2D eigenvalue weighted by atomic mass is 16.5. The predicted molar refractivity (Wildman–Crippen MR) is 194 cm³/mol. The van der Waals surface area contributed by atoms with E-state index in [9.17, 15) is 9.59 Å². The summed E-state index contributed by atoms with van der Waals surface area (Å²) in [5, 5.41) is 0. The number of rotatable bonds is 17. The van der Waals surface area contributed by atoms with E-state index in [1.807, 2.05) is 41.5 Å². The van der Waals surface area contributed by atoms with Gasteiger partial charge in [0, 0.05) is 5.56 Å². The minimum Gasteiger partial charge on any atom is -0.487 e. The molecule has 0 saturated heterocycles. The van der Waals surface area contributed by atoms with Crippen molar-refractivity contribution in [1.82, 2.24) is 0 Å². The van der Waals surface area contributed by atoms with Gasteiger partial charge >= 0.3 is 11.9 Å². The van der Waals surface area contributed by atoms with E-state index < -0.39 is 10.8 Å². The Hall–Kier alpha value is -2.04. The third-order valence-corrected chi connectivity index (χ3v) is 10.2. The lowest BCUT2D eigenvalue weighted by Crippen LogP contribution is -2.38. The Morgan fingerprint density at radius 2 is 1.28 bits per heavy atom. The molecular weight excluding hydrogens is 572 g/mol. The van der Waals surface area contributed by atoms with Gasteiger partial charge in [-0.15, -0.1) is 0 Å². The molecule has 1 aromatic carbocycles. The Morgan fingerprint density at radius 3 is 1.80 bits per heavy atom. The first-order valence-corrected chi connectivity index (χ1v) is 18.5. The first-order chi connectivity index (χ1) is 21.3. The Balaban J connectivity index is 0.00000518. The van der Waals surface area contributed by atoms with Crippen LogP contribution >= 0.6 is 0 Å². The SMILES string of the molecule is CC.COC(=O)C(C)(C)CC(C)(C)C(=O)Oc1c(C)c(C)c2c(c1C)CCC(C)(CCCC(C)CCCC(C)CCCC(C)C)O2. The Labute approximate surface area is 284 Å². The molecule has 3 unspecified atom stereocenters. The van der Waals surface area contributed by atoms with Gasteiger partial charge < -0.3 is 14.2 Å². The monoisotopic (exact) mass is 645 g/mol. The van der Waals surface area contributed by atoms with Crippen LogP contribution in [0.4, 0.5) is 0 Å². The number of ether oxygens (including phenoxy) is 3. The molecule has 0 radical (unpaired) electrons. The van der Waals surface area contributed by atoms with Gasteiger partial charge in [0.15, 0.2) is 0 Å². The van der Waals surface area contributed by atoms with Crippen molar-refractivity contribution < 1.29 is 23.8 Å². The minimum absolute atomic E-state index is 0.180. The van der Waals surface area contributed by atoms with Crippen LogP contribution in [0, 0.1) is 49.4 Å². The van der Waals surface area contributed by atoms with Gasteiger partial charge in [-0.2, -0.15) is 0 Å². The zero-order chi connectivity index (χ0) is 35.5. The van der Waals surface area contributed by atoms with Gasteiger partial charge in [-0.3, -0.25) is 9.59 Å². The maximum Gasteiger partial charge on any atom is 0.316 e. The van der Waals surface area contributed by atoms with Crippen LogP contribution in [0.5, 0.6) is 11.5 Å². The van der Waals surface area contributed by atoms with Crippen molar-refractivity contribution in [3.8, 4) is 11.5 Å². The molecule has 266 valence electrons. The summed E-state index contributed by atoms with van der Waals surface area (Å²) in [5.74, 6) is 3.36. The topological polar surface area (TPSA) is 61.8 Å². The summed E-state index contributed by atoms with van der Waals surface area (Å²) in [6.45, 7) is 29.2. The minimum atomic E-state index is -0.863. The van der Waals surface area contributed by atoms with Crippen LogP contribution < -0.4 is 9.47 Å². The fourth-order valence-electron chi connectivity index (χ4n) is 7.17. The van der Waals surface area contributed by atoms with Crippen LogP contribution in [-0.2, 0) is 20.7 Å². The number of carbonyl (C=O) groups excluding carboxylic acids is 2. The largest absolute Gasteiger partial charge is 0.487 e. The maximum atomic E-state index is 13.4. The molecule has 1 heterocycles. The maximum absolute atomic E-state index is 13.4. The molecule has 5 nitrogen and oxygen atoms in total. The number of methoxy groups -OCH3 is 1. The number of fused-ring (bicyclic) bond motifs is 1. The highest BCUT2D eigenvalue weighted by Crippen LogP contribution is 2.46.